The Morgan fingerprint density at radius 1 is 1.32 bits per heavy atom. The van der Waals surface area contributed by atoms with Crippen LogP contribution in [0.25, 0.3) is 0 Å². The van der Waals surface area contributed by atoms with E-state index in [1.807, 2.05) is 11.1 Å². The first-order valence-corrected chi connectivity index (χ1v) is 8.68. The molecule has 1 unspecified atom stereocenters. The number of aliphatic hydroxyl groups excluding tert-OH is 1. The maximum absolute atomic E-state index is 12.9. The van der Waals surface area contributed by atoms with Gasteiger partial charge in [0, 0.05) is 31.1 Å². The highest BCUT2D eigenvalue weighted by Crippen LogP contribution is 2.28. The van der Waals surface area contributed by atoms with Crippen LogP contribution >= 0.6 is 0 Å². The summed E-state index contributed by atoms with van der Waals surface area (Å²) in [4.78, 5) is 14.8. The molecule has 1 saturated carbocycles. The van der Waals surface area contributed by atoms with Crippen molar-refractivity contribution in [2.24, 2.45) is 11.8 Å². The summed E-state index contributed by atoms with van der Waals surface area (Å²) in [6.07, 6.45) is 10.8. The highest BCUT2D eigenvalue weighted by Gasteiger charge is 2.30. The number of nitrogens with one attached hydrogen (secondary N) is 1. The van der Waals surface area contributed by atoms with Gasteiger partial charge in [-0.05, 0) is 37.2 Å². The van der Waals surface area contributed by atoms with Crippen molar-refractivity contribution in [2.45, 2.75) is 51.4 Å². The second-order valence-corrected chi connectivity index (χ2v) is 6.83. The van der Waals surface area contributed by atoms with Gasteiger partial charge in [0.15, 0.2) is 0 Å². The van der Waals surface area contributed by atoms with Gasteiger partial charge in [-0.15, -0.1) is 0 Å². The summed E-state index contributed by atoms with van der Waals surface area (Å²) in [5.41, 5.74) is 2.37. The molecule has 0 aliphatic heterocycles. The minimum absolute atomic E-state index is 0.0445. The van der Waals surface area contributed by atoms with Crippen LogP contribution in [0.5, 0.6) is 0 Å². The number of hydrogen-bond donors (Lipinski definition) is 2. The Morgan fingerprint density at radius 3 is 2.91 bits per heavy atom. The number of amides is 1. The van der Waals surface area contributed by atoms with Gasteiger partial charge in [-0.2, -0.15) is 5.10 Å². The molecule has 2 aliphatic rings. The maximum Gasteiger partial charge on any atom is 0.226 e. The van der Waals surface area contributed by atoms with E-state index < -0.39 is 0 Å². The predicted octanol–water partition coefficient (Wildman–Crippen LogP) is 1.92. The third-order valence-corrected chi connectivity index (χ3v) is 5.25. The fraction of sp³-hybridized carbons (Fsp3) is 0.765. The van der Waals surface area contributed by atoms with Crippen molar-refractivity contribution in [3.8, 4) is 0 Å². The zero-order valence-corrected chi connectivity index (χ0v) is 13.3. The second-order valence-electron chi connectivity index (χ2n) is 6.83. The third-order valence-electron chi connectivity index (χ3n) is 5.25. The lowest BCUT2D eigenvalue weighted by Gasteiger charge is -2.33. The van der Waals surface area contributed by atoms with Crippen LogP contribution in [-0.2, 0) is 17.6 Å². The van der Waals surface area contributed by atoms with E-state index >= 15 is 0 Å². The molecule has 0 saturated heterocycles. The summed E-state index contributed by atoms with van der Waals surface area (Å²) >= 11 is 0. The van der Waals surface area contributed by atoms with E-state index in [2.05, 4.69) is 10.2 Å². The number of carbonyl (C=O) groups excluding carboxylic acids is 1. The average molecular weight is 305 g/mol. The molecule has 1 aromatic rings. The fourth-order valence-electron chi connectivity index (χ4n) is 3.97. The predicted molar refractivity (Wildman–Crippen MR) is 84.3 cm³/mol. The number of aliphatic hydroxyl groups is 1. The molecule has 0 aromatic carbocycles. The van der Waals surface area contributed by atoms with Crippen LogP contribution in [0.15, 0.2) is 6.20 Å². The molecule has 22 heavy (non-hydrogen) atoms. The Bertz CT molecular complexity index is 494. The largest absolute Gasteiger partial charge is 0.395 e. The van der Waals surface area contributed by atoms with Crippen LogP contribution in [0.1, 0.15) is 49.8 Å². The lowest BCUT2D eigenvalue weighted by Crippen LogP contribution is -2.42. The van der Waals surface area contributed by atoms with E-state index in [1.54, 1.807) is 0 Å². The van der Waals surface area contributed by atoms with Crippen LogP contribution in [-0.4, -0.2) is 45.8 Å². The van der Waals surface area contributed by atoms with Crippen molar-refractivity contribution in [1.82, 2.24) is 15.1 Å². The first-order valence-electron chi connectivity index (χ1n) is 8.68. The number of aromatic amines is 1. The molecule has 0 radical (unpaired) electrons. The summed E-state index contributed by atoms with van der Waals surface area (Å²) in [6.45, 7) is 1.36. The quantitative estimate of drug-likeness (QED) is 0.873. The van der Waals surface area contributed by atoms with Gasteiger partial charge >= 0.3 is 0 Å². The molecule has 122 valence electrons. The van der Waals surface area contributed by atoms with Gasteiger partial charge in [-0.25, -0.2) is 0 Å². The van der Waals surface area contributed by atoms with E-state index in [0.29, 0.717) is 12.5 Å². The summed E-state index contributed by atoms with van der Waals surface area (Å²) in [5.74, 6) is 0.888. The first-order chi connectivity index (χ1) is 10.8. The van der Waals surface area contributed by atoms with Gasteiger partial charge in [0.2, 0.25) is 5.91 Å². The topological polar surface area (TPSA) is 69.2 Å². The van der Waals surface area contributed by atoms with E-state index in [9.17, 15) is 9.90 Å². The molecular formula is C17H27N3O2. The molecule has 2 aliphatic carbocycles. The summed E-state index contributed by atoms with van der Waals surface area (Å²) < 4.78 is 0. The summed E-state index contributed by atoms with van der Waals surface area (Å²) in [6, 6.07) is 0. The van der Waals surface area contributed by atoms with Crippen molar-refractivity contribution in [2.75, 3.05) is 19.7 Å². The van der Waals surface area contributed by atoms with Gasteiger partial charge < -0.3 is 10.0 Å². The van der Waals surface area contributed by atoms with Gasteiger partial charge in [0.25, 0.3) is 0 Å². The third kappa shape index (κ3) is 3.51. The zero-order valence-electron chi connectivity index (χ0n) is 13.3. The van der Waals surface area contributed by atoms with Gasteiger partial charge in [0.1, 0.15) is 0 Å². The molecular weight excluding hydrogens is 278 g/mol. The fourth-order valence-corrected chi connectivity index (χ4v) is 3.97. The highest BCUT2D eigenvalue weighted by molar-refractivity contribution is 5.79. The molecule has 5 heteroatoms. The number of hydrogen-bond acceptors (Lipinski definition) is 3. The smallest absolute Gasteiger partial charge is 0.226 e. The standard InChI is InChI=1S/C17H27N3O2/c21-9-8-20(12-13-4-2-1-3-5-13)17(22)14-6-7-15-11-18-19-16(15)10-14/h11,13-14,21H,1-10,12H2,(H,18,19). The van der Waals surface area contributed by atoms with Crippen molar-refractivity contribution in [3.63, 3.8) is 0 Å². The van der Waals surface area contributed by atoms with E-state index in [0.717, 1.165) is 31.5 Å². The van der Waals surface area contributed by atoms with Crippen molar-refractivity contribution in [1.29, 1.82) is 0 Å². The molecule has 1 atom stereocenters. The average Bonchev–Trinajstić information content (AvgIpc) is 3.02. The minimum Gasteiger partial charge on any atom is -0.395 e. The van der Waals surface area contributed by atoms with E-state index in [-0.39, 0.29) is 18.4 Å². The Morgan fingerprint density at radius 2 is 2.14 bits per heavy atom. The lowest BCUT2D eigenvalue weighted by atomic mass is 9.86. The lowest BCUT2D eigenvalue weighted by molar-refractivity contribution is -0.137. The number of aryl methyl sites for hydroxylation is 1. The number of H-pyrrole nitrogens is 1. The summed E-state index contributed by atoms with van der Waals surface area (Å²) in [5, 5.41) is 16.4. The number of aromatic nitrogens is 2. The van der Waals surface area contributed by atoms with Crippen LogP contribution in [0.3, 0.4) is 0 Å². The molecule has 1 aromatic heterocycles. The molecule has 3 rings (SSSR count). The molecule has 1 fully saturated rings. The molecule has 2 N–H and O–H groups in total. The molecule has 1 amide bonds. The maximum atomic E-state index is 12.9. The molecule has 1 heterocycles. The first kappa shape index (κ1) is 15.5. The number of fused-ring (bicyclic) bond motifs is 1. The Labute approximate surface area is 132 Å². The van der Waals surface area contributed by atoms with E-state index in [4.69, 9.17) is 0 Å². The van der Waals surface area contributed by atoms with Crippen molar-refractivity contribution < 1.29 is 9.90 Å². The van der Waals surface area contributed by atoms with Gasteiger partial charge in [0.05, 0.1) is 12.8 Å². The highest BCUT2D eigenvalue weighted by atomic mass is 16.3. The SMILES string of the molecule is O=C(C1CCc2cn[nH]c2C1)N(CCO)CC1CCCCC1. The van der Waals surface area contributed by atoms with E-state index in [1.165, 1.54) is 37.7 Å². The molecule has 5 nitrogen and oxygen atoms in total. The number of rotatable bonds is 5. The monoisotopic (exact) mass is 305 g/mol. The van der Waals surface area contributed by atoms with Crippen molar-refractivity contribution >= 4 is 5.91 Å². The van der Waals surface area contributed by atoms with Crippen LogP contribution < -0.4 is 0 Å². The summed E-state index contributed by atoms with van der Waals surface area (Å²) in [7, 11) is 0. The van der Waals surface area contributed by atoms with Gasteiger partial charge in [-0.3, -0.25) is 9.89 Å². The normalized spacial score (nSPS) is 22.3. The Balaban J connectivity index is 1.62. The number of carbonyl (C=O) groups is 1. The zero-order chi connectivity index (χ0) is 15.4. The van der Waals surface area contributed by atoms with Crippen molar-refractivity contribution in [3.05, 3.63) is 17.5 Å². The van der Waals surface area contributed by atoms with Gasteiger partial charge in [-0.1, -0.05) is 19.3 Å². The minimum atomic E-state index is 0.0445. The molecule has 0 spiro atoms. The Hall–Kier alpha value is -1.36. The van der Waals surface area contributed by atoms with Crippen LogP contribution in [0, 0.1) is 11.8 Å². The molecule has 0 bridgehead atoms. The Kier molecular flexibility index (Phi) is 5.13. The van der Waals surface area contributed by atoms with Crippen LogP contribution in [0.2, 0.25) is 0 Å². The second kappa shape index (κ2) is 7.27. The number of nitrogens with zero attached hydrogens (tertiary/aromatic N) is 2. The van der Waals surface area contributed by atoms with Crippen LogP contribution in [0.4, 0.5) is 0 Å².